The molecule has 1 aliphatic rings. The number of carbonyl (C=O) groups is 1. The first-order valence-electron chi connectivity index (χ1n) is 7.08. The molecule has 0 saturated heterocycles. The van der Waals surface area contributed by atoms with E-state index in [1.807, 2.05) is 26.2 Å². The highest BCUT2D eigenvalue weighted by Gasteiger charge is 2.25. The molecule has 2 rings (SSSR count). The van der Waals surface area contributed by atoms with Gasteiger partial charge in [-0.15, -0.1) is 5.10 Å². The summed E-state index contributed by atoms with van der Waals surface area (Å²) in [6, 6.07) is 3.52. The molecule has 0 aromatic carbocycles. The molecule has 1 atom stereocenters. The minimum atomic E-state index is -0.232. The molecule has 2 N–H and O–H groups in total. The second kappa shape index (κ2) is 6.65. The average Bonchev–Trinajstić information content (AvgIpc) is 3.21. The fourth-order valence-electron chi connectivity index (χ4n) is 2.12. The second-order valence-corrected chi connectivity index (χ2v) is 5.82. The van der Waals surface area contributed by atoms with Crippen LogP contribution in [-0.4, -0.2) is 48.3 Å². The maximum absolute atomic E-state index is 11.7. The van der Waals surface area contributed by atoms with Gasteiger partial charge in [-0.05, 0) is 45.0 Å². The van der Waals surface area contributed by atoms with Crippen LogP contribution in [0.15, 0.2) is 12.1 Å². The Labute approximate surface area is 120 Å². The molecular formula is C14H23N5O. The van der Waals surface area contributed by atoms with Gasteiger partial charge in [0.05, 0.1) is 5.69 Å². The highest BCUT2D eigenvalue weighted by molar-refractivity contribution is 5.88. The molecule has 20 heavy (non-hydrogen) atoms. The molecule has 6 heteroatoms. The highest BCUT2D eigenvalue weighted by Crippen LogP contribution is 2.38. The van der Waals surface area contributed by atoms with E-state index < -0.39 is 0 Å². The van der Waals surface area contributed by atoms with Crippen LogP contribution in [0.2, 0.25) is 0 Å². The van der Waals surface area contributed by atoms with Gasteiger partial charge in [-0.3, -0.25) is 5.32 Å². The van der Waals surface area contributed by atoms with Gasteiger partial charge in [-0.2, -0.15) is 5.10 Å². The molecule has 1 unspecified atom stereocenters. The Morgan fingerprint density at radius 3 is 2.70 bits per heavy atom. The van der Waals surface area contributed by atoms with Crippen molar-refractivity contribution in [2.24, 2.45) is 5.92 Å². The molecule has 0 aliphatic heterocycles. The van der Waals surface area contributed by atoms with E-state index in [9.17, 15) is 4.79 Å². The maximum atomic E-state index is 11.7. The quantitative estimate of drug-likeness (QED) is 0.830. The van der Waals surface area contributed by atoms with E-state index >= 15 is 0 Å². The van der Waals surface area contributed by atoms with Crippen molar-refractivity contribution in [3.8, 4) is 0 Å². The largest absolute Gasteiger partial charge is 0.338 e. The Bertz CT molecular complexity index is 441. The van der Waals surface area contributed by atoms with Crippen LogP contribution in [0.25, 0.3) is 0 Å². The summed E-state index contributed by atoms with van der Waals surface area (Å²) in [4.78, 5) is 13.8. The Kier molecular flexibility index (Phi) is 4.89. The number of nitrogens with zero attached hydrogens (tertiary/aromatic N) is 3. The van der Waals surface area contributed by atoms with Crippen LogP contribution in [0, 0.1) is 5.92 Å². The predicted molar refractivity (Wildman–Crippen MR) is 78.7 cm³/mol. The number of hydrogen-bond acceptors (Lipinski definition) is 4. The van der Waals surface area contributed by atoms with Gasteiger partial charge in [0.15, 0.2) is 5.82 Å². The lowest BCUT2D eigenvalue weighted by molar-refractivity contribution is 0.248. The monoisotopic (exact) mass is 277 g/mol. The molecule has 0 spiro atoms. The molecular weight excluding hydrogens is 254 g/mol. The Balaban J connectivity index is 1.73. The normalized spacial score (nSPS) is 16.0. The number of rotatable bonds is 6. The van der Waals surface area contributed by atoms with Crippen LogP contribution < -0.4 is 10.6 Å². The third kappa shape index (κ3) is 4.77. The van der Waals surface area contributed by atoms with E-state index in [4.69, 9.17) is 0 Å². The molecule has 0 bridgehead atoms. The highest BCUT2D eigenvalue weighted by atomic mass is 16.2. The molecule has 110 valence electrons. The Morgan fingerprint density at radius 1 is 1.40 bits per heavy atom. The first-order valence-corrected chi connectivity index (χ1v) is 7.08. The Hall–Kier alpha value is -1.69. The third-order valence-electron chi connectivity index (χ3n) is 3.21. The van der Waals surface area contributed by atoms with Gasteiger partial charge >= 0.3 is 6.03 Å². The molecule has 1 saturated carbocycles. The van der Waals surface area contributed by atoms with Crippen molar-refractivity contribution in [3.05, 3.63) is 17.8 Å². The molecule has 1 aromatic rings. The van der Waals surface area contributed by atoms with Crippen molar-refractivity contribution in [1.29, 1.82) is 0 Å². The van der Waals surface area contributed by atoms with Crippen LogP contribution in [0.1, 0.15) is 31.4 Å². The second-order valence-electron chi connectivity index (χ2n) is 5.82. The van der Waals surface area contributed by atoms with Gasteiger partial charge in [0, 0.05) is 19.0 Å². The molecule has 1 aliphatic carbocycles. The minimum absolute atomic E-state index is 0.232. The van der Waals surface area contributed by atoms with Gasteiger partial charge in [0.1, 0.15) is 0 Å². The maximum Gasteiger partial charge on any atom is 0.320 e. The number of urea groups is 1. The van der Waals surface area contributed by atoms with Gasteiger partial charge in [0.2, 0.25) is 0 Å². The SMILES string of the molecule is CC(CNC(=O)Nc1ccc(C2CC2)nn1)CN(C)C. The number of amides is 2. The van der Waals surface area contributed by atoms with Gasteiger partial charge in [0.25, 0.3) is 0 Å². The van der Waals surface area contributed by atoms with Gasteiger partial charge < -0.3 is 10.2 Å². The van der Waals surface area contributed by atoms with Crippen LogP contribution in [0.4, 0.5) is 10.6 Å². The minimum Gasteiger partial charge on any atom is -0.338 e. The topological polar surface area (TPSA) is 70.1 Å². The average molecular weight is 277 g/mol. The zero-order valence-electron chi connectivity index (χ0n) is 12.4. The lowest BCUT2D eigenvalue weighted by Gasteiger charge is -2.17. The van der Waals surface area contributed by atoms with Crippen molar-refractivity contribution in [3.63, 3.8) is 0 Å². The molecule has 1 heterocycles. The molecule has 1 fully saturated rings. The summed E-state index contributed by atoms with van der Waals surface area (Å²) < 4.78 is 0. The molecule has 2 amide bonds. The molecule has 6 nitrogen and oxygen atoms in total. The first kappa shape index (κ1) is 14.7. The number of nitrogens with one attached hydrogen (secondary N) is 2. The summed E-state index contributed by atoms with van der Waals surface area (Å²) in [5.74, 6) is 1.48. The molecule has 0 radical (unpaired) electrons. The van der Waals surface area contributed by atoms with E-state index in [1.165, 1.54) is 12.8 Å². The van der Waals surface area contributed by atoms with Crippen LogP contribution in [0.5, 0.6) is 0 Å². The lowest BCUT2D eigenvalue weighted by atomic mass is 10.2. The van der Waals surface area contributed by atoms with Crippen LogP contribution in [0.3, 0.4) is 0 Å². The fraction of sp³-hybridized carbons (Fsp3) is 0.643. The lowest BCUT2D eigenvalue weighted by Crippen LogP contribution is -2.35. The third-order valence-corrected chi connectivity index (χ3v) is 3.21. The first-order chi connectivity index (χ1) is 9.54. The van der Waals surface area contributed by atoms with E-state index in [1.54, 1.807) is 0 Å². The number of carbonyl (C=O) groups excluding carboxylic acids is 1. The standard InChI is InChI=1S/C14H23N5O/c1-10(9-19(2)3)8-15-14(20)16-13-7-6-12(17-18-13)11-4-5-11/h6-7,10-11H,4-5,8-9H2,1-3H3,(H2,15,16,18,20). The Morgan fingerprint density at radius 2 is 2.15 bits per heavy atom. The zero-order chi connectivity index (χ0) is 14.5. The van der Waals surface area contributed by atoms with Crippen LogP contribution in [-0.2, 0) is 0 Å². The van der Waals surface area contributed by atoms with E-state index in [0.29, 0.717) is 24.2 Å². The summed E-state index contributed by atoms with van der Waals surface area (Å²) >= 11 is 0. The summed E-state index contributed by atoms with van der Waals surface area (Å²) in [6.45, 7) is 3.68. The predicted octanol–water partition coefficient (Wildman–Crippen LogP) is 1.67. The summed E-state index contributed by atoms with van der Waals surface area (Å²) in [5.41, 5.74) is 1.02. The van der Waals surface area contributed by atoms with Crippen molar-refractivity contribution in [2.75, 3.05) is 32.5 Å². The van der Waals surface area contributed by atoms with Crippen molar-refractivity contribution < 1.29 is 4.79 Å². The van der Waals surface area contributed by atoms with Crippen molar-refractivity contribution in [2.45, 2.75) is 25.7 Å². The number of hydrogen-bond donors (Lipinski definition) is 2. The summed E-state index contributed by atoms with van der Waals surface area (Å²) in [5, 5.41) is 13.7. The smallest absolute Gasteiger partial charge is 0.320 e. The van der Waals surface area contributed by atoms with E-state index in [2.05, 4.69) is 32.7 Å². The fourth-order valence-corrected chi connectivity index (χ4v) is 2.12. The number of aromatic nitrogens is 2. The van der Waals surface area contributed by atoms with E-state index in [-0.39, 0.29) is 6.03 Å². The molecule has 1 aromatic heterocycles. The number of anilines is 1. The van der Waals surface area contributed by atoms with Crippen molar-refractivity contribution >= 4 is 11.8 Å². The van der Waals surface area contributed by atoms with Crippen molar-refractivity contribution in [1.82, 2.24) is 20.4 Å². The summed E-state index contributed by atoms with van der Waals surface area (Å²) in [6.07, 6.45) is 2.40. The van der Waals surface area contributed by atoms with Gasteiger partial charge in [-0.1, -0.05) is 6.92 Å². The zero-order valence-corrected chi connectivity index (χ0v) is 12.4. The van der Waals surface area contributed by atoms with Crippen LogP contribution >= 0.6 is 0 Å². The van der Waals surface area contributed by atoms with Gasteiger partial charge in [-0.25, -0.2) is 4.79 Å². The van der Waals surface area contributed by atoms with E-state index in [0.717, 1.165) is 12.2 Å². The summed E-state index contributed by atoms with van der Waals surface area (Å²) in [7, 11) is 4.04.